The lowest BCUT2D eigenvalue weighted by molar-refractivity contribution is -0.384. The minimum Gasteiger partial charge on any atom is -0.466 e. The van der Waals surface area contributed by atoms with Gasteiger partial charge in [0.25, 0.3) is 11.6 Å². The van der Waals surface area contributed by atoms with Gasteiger partial charge in [0.15, 0.2) is 0 Å². The van der Waals surface area contributed by atoms with E-state index in [1.807, 2.05) is 4.90 Å². The number of non-ortho nitro benzene ring substituents is 1. The number of hydrogen-bond donors (Lipinski definition) is 1. The Labute approximate surface area is 192 Å². The first-order chi connectivity index (χ1) is 16.1. The maximum absolute atomic E-state index is 13.0. The molecule has 0 saturated carbocycles. The maximum atomic E-state index is 13.0. The molecule has 0 radical (unpaired) electrons. The molecule has 1 saturated heterocycles. The molecule has 1 aliphatic rings. The summed E-state index contributed by atoms with van der Waals surface area (Å²) in [5.74, 6) is -1.66. The van der Waals surface area contributed by atoms with E-state index in [1.165, 1.54) is 24.3 Å². The number of carbonyl (C=O) groups excluding carboxylic acids is 2. The Kier molecular flexibility index (Phi) is 7.59. The van der Waals surface area contributed by atoms with Gasteiger partial charge in [-0.3, -0.25) is 19.7 Å². The maximum Gasteiger partial charge on any atom is 0.573 e. The van der Waals surface area contributed by atoms with Gasteiger partial charge in [0, 0.05) is 30.9 Å². The normalized spacial score (nSPS) is 14.4. The Morgan fingerprint density at radius 2 is 1.79 bits per heavy atom. The van der Waals surface area contributed by atoms with E-state index in [1.54, 1.807) is 6.92 Å². The van der Waals surface area contributed by atoms with E-state index < -0.39 is 22.9 Å². The van der Waals surface area contributed by atoms with E-state index in [0.717, 1.165) is 18.2 Å². The molecule has 1 N–H and O–H groups in total. The van der Waals surface area contributed by atoms with Gasteiger partial charge in [0.1, 0.15) is 5.75 Å². The molecule has 0 atom stereocenters. The zero-order chi connectivity index (χ0) is 24.9. The van der Waals surface area contributed by atoms with E-state index in [-0.39, 0.29) is 35.4 Å². The number of nitro benzene ring substituents is 1. The molecule has 1 fully saturated rings. The van der Waals surface area contributed by atoms with Crippen molar-refractivity contribution in [2.75, 3.05) is 29.9 Å². The number of hydrogen-bond acceptors (Lipinski definition) is 7. The van der Waals surface area contributed by atoms with Crippen LogP contribution in [0.5, 0.6) is 5.75 Å². The fourth-order valence-corrected chi connectivity index (χ4v) is 3.65. The molecule has 3 rings (SSSR count). The number of ether oxygens (including phenoxy) is 2. The summed E-state index contributed by atoms with van der Waals surface area (Å²) in [6, 6.07) is 8.42. The van der Waals surface area contributed by atoms with Crippen molar-refractivity contribution < 1.29 is 37.2 Å². The van der Waals surface area contributed by atoms with Gasteiger partial charge in [0.2, 0.25) is 0 Å². The summed E-state index contributed by atoms with van der Waals surface area (Å²) in [6.45, 7) is 2.89. The third-order valence-corrected chi connectivity index (χ3v) is 5.24. The van der Waals surface area contributed by atoms with Crippen LogP contribution in [0.25, 0.3) is 0 Å². The van der Waals surface area contributed by atoms with Gasteiger partial charge in [-0.15, -0.1) is 13.2 Å². The minimum atomic E-state index is -4.84. The lowest BCUT2D eigenvalue weighted by Gasteiger charge is -2.33. The molecule has 12 heteroatoms. The second-order valence-electron chi connectivity index (χ2n) is 7.50. The molecule has 1 aliphatic heterocycles. The van der Waals surface area contributed by atoms with E-state index in [2.05, 4.69) is 10.1 Å². The predicted molar refractivity (Wildman–Crippen MR) is 116 cm³/mol. The highest BCUT2D eigenvalue weighted by molar-refractivity contribution is 6.08. The number of anilines is 2. The van der Waals surface area contributed by atoms with Gasteiger partial charge in [-0.25, -0.2) is 0 Å². The van der Waals surface area contributed by atoms with E-state index in [4.69, 9.17) is 4.74 Å². The standard InChI is InChI=1S/C22H22F3N3O6/c1-2-33-21(30)14-9-11-27(12-10-14)19-8-5-16(28(31)32)13-18(19)20(29)26-15-3-6-17(7-4-15)34-22(23,24)25/h3-8,13-14H,2,9-12H2,1H3,(H,26,29). The Morgan fingerprint density at radius 1 is 1.15 bits per heavy atom. The SMILES string of the molecule is CCOC(=O)C1CCN(c2ccc([N+](=O)[O-])cc2C(=O)Nc2ccc(OC(F)(F)F)cc2)CC1. The summed E-state index contributed by atoms with van der Waals surface area (Å²) in [7, 11) is 0. The average Bonchev–Trinajstić information content (AvgIpc) is 2.79. The van der Waals surface area contributed by atoms with Crippen LogP contribution in [0.2, 0.25) is 0 Å². The van der Waals surface area contributed by atoms with Crippen molar-refractivity contribution >= 4 is 28.9 Å². The number of piperidine rings is 1. The van der Waals surface area contributed by atoms with Crippen LogP contribution < -0.4 is 15.0 Å². The number of amides is 1. The highest BCUT2D eigenvalue weighted by Gasteiger charge is 2.31. The average molecular weight is 481 g/mol. The smallest absolute Gasteiger partial charge is 0.466 e. The molecule has 0 unspecified atom stereocenters. The van der Waals surface area contributed by atoms with Gasteiger partial charge >= 0.3 is 12.3 Å². The molecule has 1 heterocycles. The summed E-state index contributed by atoms with van der Waals surface area (Å²) in [4.78, 5) is 37.5. The number of benzene rings is 2. The fourth-order valence-electron chi connectivity index (χ4n) is 3.65. The van der Waals surface area contributed by atoms with Gasteiger partial charge in [-0.2, -0.15) is 0 Å². The van der Waals surface area contributed by atoms with Gasteiger partial charge in [-0.05, 0) is 50.1 Å². The lowest BCUT2D eigenvalue weighted by atomic mass is 9.96. The Balaban J connectivity index is 1.78. The van der Waals surface area contributed by atoms with Crippen LogP contribution in [0.1, 0.15) is 30.1 Å². The number of nitrogens with one attached hydrogen (secondary N) is 1. The number of carbonyl (C=O) groups is 2. The van der Waals surface area contributed by atoms with Crippen molar-refractivity contribution in [1.29, 1.82) is 0 Å². The number of nitro groups is 1. The summed E-state index contributed by atoms with van der Waals surface area (Å²) in [6.07, 6.45) is -3.85. The molecular weight excluding hydrogens is 459 g/mol. The first-order valence-corrected chi connectivity index (χ1v) is 10.4. The van der Waals surface area contributed by atoms with Gasteiger partial charge in [0.05, 0.1) is 28.7 Å². The highest BCUT2D eigenvalue weighted by Crippen LogP contribution is 2.31. The third-order valence-electron chi connectivity index (χ3n) is 5.24. The van der Waals surface area contributed by atoms with E-state index in [0.29, 0.717) is 31.6 Å². The number of rotatable bonds is 7. The number of esters is 1. The topological polar surface area (TPSA) is 111 Å². The van der Waals surface area contributed by atoms with Crippen LogP contribution in [-0.4, -0.2) is 42.9 Å². The quantitative estimate of drug-likeness (QED) is 0.352. The van der Waals surface area contributed by atoms with Crippen molar-refractivity contribution in [2.45, 2.75) is 26.1 Å². The number of halogens is 3. The van der Waals surface area contributed by atoms with Crippen molar-refractivity contribution in [1.82, 2.24) is 0 Å². The summed E-state index contributed by atoms with van der Waals surface area (Å²) < 4.78 is 45.8. The minimum absolute atomic E-state index is 0.0272. The second kappa shape index (κ2) is 10.4. The summed E-state index contributed by atoms with van der Waals surface area (Å²) in [5, 5.41) is 13.8. The number of alkyl halides is 3. The highest BCUT2D eigenvalue weighted by atomic mass is 19.4. The second-order valence-corrected chi connectivity index (χ2v) is 7.50. The largest absolute Gasteiger partial charge is 0.573 e. The van der Waals surface area contributed by atoms with Crippen molar-refractivity contribution in [3.8, 4) is 5.75 Å². The molecule has 2 aromatic carbocycles. The Hall–Kier alpha value is -3.83. The monoisotopic (exact) mass is 481 g/mol. The molecule has 9 nitrogen and oxygen atoms in total. The van der Waals surface area contributed by atoms with Crippen LogP contribution in [-0.2, 0) is 9.53 Å². The van der Waals surface area contributed by atoms with Crippen LogP contribution >= 0.6 is 0 Å². The molecule has 34 heavy (non-hydrogen) atoms. The molecule has 0 aromatic heterocycles. The fraction of sp³-hybridized carbons (Fsp3) is 0.364. The van der Waals surface area contributed by atoms with Crippen LogP contribution in [0, 0.1) is 16.0 Å². The van der Waals surface area contributed by atoms with Crippen LogP contribution in [0.4, 0.5) is 30.2 Å². The van der Waals surface area contributed by atoms with E-state index >= 15 is 0 Å². The van der Waals surface area contributed by atoms with E-state index in [9.17, 15) is 32.9 Å². The van der Waals surface area contributed by atoms with Crippen molar-refractivity contribution in [3.05, 3.63) is 58.1 Å². The Bertz CT molecular complexity index is 1050. The molecule has 0 aliphatic carbocycles. The van der Waals surface area contributed by atoms with Crippen molar-refractivity contribution in [3.63, 3.8) is 0 Å². The molecular formula is C22H22F3N3O6. The lowest BCUT2D eigenvalue weighted by Crippen LogP contribution is -2.38. The molecule has 2 aromatic rings. The number of nitrogens with zero attached hydrogens (tertiary/aromatic N) is 2. The third kappa shape index (κ3) is 6.36. The summed E-state index contributed by atoms with van der Waals surface area (Å²) >= 11 is 0. The first-order valence-electron chi connectivity index (χ1n) is 10.4. The van der Waals surface area contributed by atoms with Gasteiger partial charge in [-0.1, -0.05) is 0 Å². The molecule has 0 spiro atoms. The van der Waals surface area contributed by atoms with Crippen molar-refractivity contribution in [2.24, 2.45) is 5.92 Å². The predicted octanol–water partition coefficient (Wildman–Crippen LogP) is 4.53. The van der Waals surface area contributed by atoms with Crippen LogP contribution in [0.3, 0.4) is 0 Å². The zero-order valence-electron chi connectivity index (χ0n) is 18.1. The first kappa shape index (κ1) is 24.8. The molecule has 1 amide bonds. The molecule has 182 valence electrons. The zero-order valence-corrected chi connectivity index (χ0v) is 18.1. The summed E-state index contributed by atoms with van der Waals surface area (Å²) in [5.41, 5.74) is 0.365. The van der Waals surface area contributed by atoms with Crippen LogP contribution in [0.15, 0.2) is 42.5 Å². The Morgan fingerprint density at radius 3 is 2.35 bits per heavy atom. The van der Waals surface area contributed by atoms with Gasteiger partial charge < -0.3 is 19.7 Å². The molecule has 0 bridgehead atoms.